The van der Waals surface area contributed by atoms with E-state index in [0.29, 0.717) is 22.3 Å². The Morgan fingerprint density at radius 3 is 2.67 bits per heavy atom. The lowest BCUT2D eigenvalue weighted by molar-refractivity contribution is 0.102. The van der Waals surface area contributed by atoms with Crippen LogP contribution in [0.5, 0.6) is 5.75 Å². The van der Waals surface area contributed by atoms with Gasteiger partial charge in [0.05, 0.1) is 11.0 Å². The molecular formula is C16H13N3O2. The third-order valence-corrected chi connectivity index (χ3v) is 3.28. The summed E-state index contributed by atoms with van der Waals surface area (Å²) in [5.74, 6) is -0.103. The van der Waals surface area contributed by atoms with Crippen molar-refractivity contribution in [1.82, 2.24) is 9.97 Å². The van der Waals surface area contributed by atoms with Crippen LogP contribution in [0, 0.1) is 6.92 Å². The molecule has 0 saturated carbocycles. The highest BCUT2D eigenvalue weighted by atomic mass is 16.3. The maximum Gasteiger partial charge on any atom is 0.255 e. The smallest absolute Gasteiger partial charge is 0.255 e. The lowest BCUT2D eigenvalue weighted by Crippen LogP contribution is -2.12. The summed E-state index contributed by atoms with van der Waals surface area (Å²) in [6.45, 7) is 1.75. The number of hydrogen-bond acceptors (Lipinski definition) is 4. The summed E-state index contributed by atoms with van der Waals surface area (Å²) in [5.41, 5.74) is 3.11. The fourth-order valence-electron chi connectivity index (χ4n) is 2.06. The molecule has 0 radical (unpaired) electrons. The van der Waals surface area contributed by atoms with E-state index in [1.54, 1.807) is 55.7 Å². The van der Waals surface area contributed by atoms with Crippen LogP contribution in [0.15, 0.2) is 48.8 Å². The number of amides is 1. The summed E-state index contributed by atoms with van der Waals surface area (Å²) in [6.07, 6.45) is 3.20. The van der Waals surface area contributed by atoms with Gasteiger partial charge in [-0.1, -0.05) is 6.07 Å². The van der Waals surface area contributed by atoms with Crippen LogP contribution < -0.4 is 5.32 Å². The first-order valence-corrected chi connectivity index (χ1v) is 6.46. The van der Waals surface area contributed by atoms with Crippen molar-refractivity contribution >= 4 is 22.6 Å². The average Bonchev–Trinajstić information content (AvgIpc) is 2.51. The Hall–Kier alpha value is -2.95. The second kappa shape index (κ2) is 5.20. The van der Waals surface area contributed by atoms with Crippen LogP contribution in [0.1, 0.15) is 15.9 Å². The topological polar surface area (TPSA) is 75.1 Å². The van der Waals surface area contributed by atoms with Crippen LogP contribution >= 0.6 is 0 Å². The van der Waals surface area contributed by atoms with Gasteiger partial charge in [-0.2, -0.15) is 0 Å². The van der Waals surface area contributed by atoms with Crippen LogP contribution in [-0.4, -0.2) is 21.0 Å². The standard InChI is InChI=1S/C16H13N3O2/c1-10-12(3-2-4-15(10)20)19-16(21)11-5-6-13-14(9-11)18-8-7-17-13/h2-9,20H,1H3,(H,19,21). The number of carbonyl (C=O) groups is 1. The van der Waals surface area contributed by atoms with Gasteiger partial charge in [0, 0.05) is 29.2 Å². The molecule has 1 amide bonds. The molecule has 0 aliphatic heterocycles. The molecule has 0 aliphatic rings. The number of rotatable bonds is 2. The normalized spacial score (nSPS) is 10.5. The van der Waals surface area contributed by atoms with Gasteiger partial charge in [0.2, 0.25) is 0 Å². The van der Waals surface area contributed by atoms with Crippen LogP contribution in [-0.2, 0) is 0 Å². The number of nitrogens with one attached hydrogen (secondary N) is 1. The highest BCUT2D eigenvalue weighted by Crippen LogP contribution is 2.24. The molecule has 21 heavy (non-hydrogen) atoms. The number of phenols is 1. The third kappa shape index (κ3) is 2.53. The fraction of sp³-hybridized carbons (Fsp3) is 0.0625. The molecule has 3 rings (SSSR count). The maximum atomic E-state index is 12.3. The van der Waals surface area contributed by atoms with E-state index < -0.39 is 0 Å². The average molecular weight is 279 g/mol. The lowest BCUT2D eigenvalue weighted by Gasteiger charge is -2.09. The quantitative estimate of drug-likeness (QED) is 0.756. The van der Waals surface area contributed by atoms with Gasteiger partial charge in [-0.05, 0) is 37.3 Å². The second-order valence-corrected chi connectivity index (χ2v) is 4.66. The lowest BCUT2D eigenvalue weighted by atomic mass is 10.1. The number of aromatic hydroxyl groups is 1. The molecule has 1 aromatic heterocycles. The van der Waals surface area contributed by atoms with Gasteiger partial charge in [0.25, 0.3) is 5.91 Å². The van der Waals surface area contributed by atoms with Gasteiger partial charge < -0.3 is 10.4 Å². The molecule has 3 aromatic rings. The predicted octanol–water partition coefficient (Wildman–Crippen LogP) is 2.90. The van der Waals surface area contributed by atoms with Gasteiger partial charge >= 0.3 is 0 Å². The van der Waals surface area contributed by atoms with Gasteiger partial charge in [-0.3, -0.25) is 14.8 Å². The minimum Gasteiger partial charge on any atom is -0.508 e. The van der Waals surface area contributed by atoms with E-state index in [2.05, 4.69) is 15.3 Å². The van der Waals surface area contributed by atoms with E-state index in [1.807, 2.05) is 0 Å². The van der Waals surface area contributed by atoms with Crippen molar-refractivity contribution in [2.75, 3.05) is 5.32 Å². The zero-order valence-electron chi connectivity index (χ0n) is 11.4. The predicted molar refractivity (Wildman–Crippen MR) is 80.3 cm³/mol. The summed E-state index contributed by atoms with van der Waals surface area (Å²) in [7, 11) is 0. The van der Waals surface area contributed by atoms with Crippen LogP contribution in [0.25, 0.3) is 11.0 Å². The Bertz CT molecular complexity index is 831. The molecule has 2 N–H and O–H groups in total. The monoisotopic (exact) mass is 279 g/mol. The van der Waals surface area contributed by atoms with Gasteiger partial charge in [0.15, 0.2) is 0 Å². The van der Waals surface area contributed by atoms with Crippen molar-refractivity contribution in [1.29, 1.82) is 0 Å². The van der Waals surface area contributed by atoms with Crippen molar-refractivity contribution in [2.24, 2.45) is 0 Å². The Kier molecular flexibility index (Phi) is 3.23. The molecular weight excluding hydrogens is 266 g/mol. The number of nitrogens with zero attached hydrogens (tertiary/aromatic N) is 2. The van der Waals surface area contributed by atoms with Crippen molar-refractivity contribution < 1.29 is 9.90 Å². The molecule has 5 nitrogen and oxygen atoms in total. The zero-order valence-corrected chi connectivity index (χ0v) is 11.4. The van der Waals surface area contributed by atoms with Crippen molar-refractivity contribution in [3.05, 3.63) is 59.9 Å². The third-order valence-electron chi connectivity index (χ3n) is 3.28. The maximum absolute atomic E-state index is 12.3. The van der Waals surface area contributed by atoms with Crippen molar-refractivity contribution in [3.8, 4) is 5.75 Å². The largest absolute Gasteiger partial charge is 0.508 e. The van der Waals surface area contributed by atoms with Crippen LogP contribution in [0.3, 0.4) is 0 Å². The number of benzene rings is 2. The highest BCUT2D eigenvalue weighted by molar-refractivity contribution is 6.06. The summed E-state index contributed by atoms with van der Waals surface area (Å²) in [4.78, 5) is 20.6. The molecule has 2 aromatic carbocycles. The van der Waals surface area contributed by atoms with E-state index >= 15 is 0 Å². The van der Waals surface area contributed by atoms with Gasteiger partial charge in [0.1, 0.15) is 5.75 Å². The number of fused-ring (bicyclic) bond motifs is 1. The Balaban J connectivity index is 1.91. The first-order chi connectivity index (χ1) is 10.1. The first kappa shape index (κ1) is 13.1. The number of phenolic OH excluding ortho intramolecular Hbond substituents is 1. The number of anilines is 1. The van der Waals surface area contributed by atoms with Crippen molar-refractivity contribution in [3.63, 3.8) is 0 Å². The van der Waals surface area contributed by atoms with E-state index in [4.69, 9.17) is 0 Å². The summed E-state index contributed by atoms with van der Waals surface area (Å²) >= 11 is 0. The highest BCUT2D eigenvalue weighted by Gasteiger charge is 2.10. The minimum atomic E-state index is -0.253. The molecule has 0 atom stereocenters. The summed E-state index contributed by atoms with van der Waals surface area (Å²) < 4.78 is 0. The molecule has 5 heteroatoms. The van der Waals surface area contributed by atoms with E-state index in [1.165, 1.54) is 0 Å². The number of aromatic nitrogens is 2. The van der Waals surface area contributed by atoms with E-state index in [-0.39, 0.29) is 11.7 Å². The summed E-state index contributed by atoms with van der Waals surface area (Å²) in [5, 5.41) is 12.4. The van der Waals surface area contributed by atoms with E-state index in [9.17, 15) is 9.90 Å². The molecule has 0 saturated heterocycles. The second-order valence-electron chi connectivity index (χ2n) is 4.66. The van der Waals surface area contributed by atoms with Crippen LogP contribution in [0.2, 0.25) is 0 Å². The number of carbonyl (C=O) groups excluding carboxylic acids is 1. The Morgan fingerprint density at radius 1 is 1.10 bits per heavy atom. The molecule has 0 bridgehead atoms. The SMILES string of the molecule is Cc1c(O)cccc1NC(=O)c1ccc2nccnc2c1. The zero-order chi connectivity index (χ0) is 14.8. The Morgan fingerprint density at radius 2 is 1.86 bits per heavy atom. The van der Waals surface area contributed by atoms with Gasteiger partial charge in [-0.15, -0.1) is 0 Å². The van der Waals surface area contributed by atoms with Gasteiger partial charge in [-0.25, -0.2) is 0 Å². The summed E-state index contributed by atoms with van der Waals surface area (Å²) in [6, 6.07) is 10.2. The molecule has 0 fully saturated rings. The fourth-order valence-corrected chi connectivity index (χ4v) is 2.06. The molecule has 1 heterocycles. The molecule has 0 unspecified atom stereocenters. The van der Waals surface area contributed by atoms with E-state index in [0.717, 1.165) is 5.52 Å². The van der Waals surface area contributed by atoms with Crippen LogP contribution in [0.4, 0.5) is 5.69 Å². The molecule has 104 valence electrons. The molecule has 0 aliphatic carbocycles. The first-order valence-electron chi connectivity index (χ1n) is 6.46. The van der Waals surface area contributed by atoms with Crippen molar-refractivity contribution in [2.45, 2.75) is 6.92 Å². The Labute approximate surface area is 121 Å². The number of hydrogen-bond donors (Lipinski definition) is 2. The molecule has 0 spiro atoms. The minimum absolute atomic E-state index is 0.150.